The zero-order valence-electron chi connectivity index (χ0n) is 11.4. The molecule has 0 spiro atoms. The maximum absolute atomic E-state index is 13.5. The fraction of sp³-hybridized carbons (Fsp3) is 0.500. The fourth-order valence-corrected chi connectivity index (χ4v) is 1.59. The molecule has 4 nitrogen and oxygen atoms in total. The van der Waals surface area contributed by atoms with Crippen LogP contribution in [-0.4, -0.2) is 23.2 Å². The molecule has 0 fully saturated rings. The lowest BCUT2D eigenvalue weighted by Gasteiger charge is -2.15. The van der Waals surface area contributed by atoms with Crippen LogP contribution in [0.3, 0.4) is 0 Å². The summed E-state index contributed by atoms with van der Waals surface area (Å²) in [6, 6.07) is 4.55. The van der Waals surface area contributed by atoms with Gasteiger partial charge in [-0.25, -0.2) is 9.18 Å². The minimum Gasteiger partial charge on any atom is -0.479 e. The van der Waals surface area contributed by atoms with Crippen molar-refractivity contribution in [3.63, 3.8) is 0 Å². The number of rotatable bonds is 7. The highest BCUT2D eigenvalue weighted by atomic mass is 19.1. The number of carbonyl (C=O) groups is 1. The van der Waals surface area contributed by atoms with Crippen LogP contribution in [0.25, 0.3) is 0 Å². The first-order valence-electron chi connectivity index (χ1n) is 6.34. The average Bonchev–Trinajstić information content (AvgIpc) is 2.32. The number of hydrogen-bond acceptors (Lipinski definition) is 3. The van der Waals surface area contributed by atoms with Gasteiger partial charge in [0.2, 0.25) is 0 Å². The molecule has 2 N–H and O–H groups in total. The molecule has 0 aliphatic rings. The molecule has 1 rings (SSSR count). The standard InChI is InChI=1S/C14H20FNO3/c1-4-13(14(17)18)19-12-6-10(5-11(15)7-12)8-16-9(2)3/h5-7,9,13,16H,4,8H2,1-3H3,(H,17,18). The number of aliphatic carboxylic acids is 1. The van der Waals surface area contributed by atoms with Gasteiger partial charge in [-0.3, -0.25) is 0 Å². The van der Waals surface area contributed by atoms with E-state index in [1.54, 1.807) is 13.0 Å². The monoisotopic (exact) mass is 269 g/mol. The Morgan fingerprint density at radius 2 is 2.11 bits per heavy atom. The average molecular weight is 269 g/mol. The smallest absolute Gasteiger partial charge is 0.344 e. The van der Waals surface area contributed by atoms with Crippen molar-refractivity contribution in [2.24, 2.45) is 0 Å². The summed E-state index contributed by atoms with van der Waals surface area (Å²) in [6.45, 7) is 6.21. The Morgan fingerprint density at radius 1 is 1.42 bits per heavy atom. The number of carboxylic acid groups (broad SMARTS) is 1. The van der Waals surface area contributed by atoms with E-state index < -0.39 is 17.9 Å². The quantitative estimate of drug-likeness (QED) is 0.798. The summed E-state index contributed by atoms with van der Waals surface area (Å²) < 4.78 is 18.7. The maximum atomic E-state index is 13.5. The number of nitrogens with one attached hydrogen (secondary N) is 1. The minimum atomic E-state index is -1.05. The topological polar surface area (TPSA) is 58.6 Å². The van der Waals surface area contributed by atoms with Gasteiger partial charge in [0.15, 0.2) is 6.10 Å². The molecule has 0 bridgehead atoms. The van der Waals surface area contributed by atoms with E-state index in [-0.39, 0.29) is 11.8 Å². The molecule has 5 heteroatoms. The van der Waals surface area contributed by atoms with E-state index in [2.05, 4.69) is 5.32 Å². The molecule has 1 aromatic rings. The van der Waals surface area contributed by atoms with Crippen LogP contribution >= 0.6 is 0 Å². The van der Waals surface area contributed by atoms with Gasteiger partial charge in [0.25, 0.3) is 0 Å². The van der Waals surface area contributed by atoms with Crippen molar-refractivity contribution >= 4 is 5.97 Å². The van der Waals surface area contributed by atoms with E-state index in [0.717, 1.165) is 5.56 Å². The lowest BCUT2D eigenvalue weighted by Crippen LogP contribution is -2.26. The van der Waals surface area contributed by atoms with Crippen molar-refractivity contribution < 1.29 is 19.0 Å². The van der Waals surface area contributed by atoms with Crippen LogP contribution < -0.4 is 10.1 Å². The second kappa shape index (κ2) is 7.09. The lowest BCUT2D eigenvalue weighted by molar-refractivity contribution is -0.145. The number of carboxylic acids is 1. The molecular weight excluding hydrogens is 249 g/mol. The van der Waals surface area contributed by atoms with Gasteiger partial charge in [0, 0.05) is 18.7 Å². The summed E-state index contributed by atoms with van der Waals surface area (Å²) in [5.41, 5.74) is 0.726. The largest absolute Gasteiger partial charge is 0.479 e. The van der Waals surface area contributed by atoms with Crippen LogP contribution in [0.1, 0.15) is 32.8 Å². The number of halogens is 1. The van der Waals surface area contributed by atoms with E-state index in [1.807, 2.05) is 13.8 Å². The van der Waals surface area contributed by atoms with Gasteiger partial charge in [-0.05, 0) is 24.1 Å². The van der Waals surface area contributed by atoms with Crippen LogP contribution in [0.4, 0.5) is 4.39 Å². The van der Waals surface area contributed by atoms with Gasteiger partial charge >= 0.3 is 5.97 Å². The Kier molecular flexibility index (Phi) is 5.76. The lowest BCUT2D eigenvalue weighted by atomic mass is 10.2. The van der Waals surface area contributed by atoms with Crippen molar-refractivity contribution in [1.82, 2.24) is 5.32 Å². The summed E-state index contributed by atoms with van der Waals surface area (Å²) in [5, 5.41) is 12.1. The van der Waals surface area contributed by atoms with E-state index >= 15 is 0 Å². The molecule has 0 saturated carbocycles. The van der Waals surface area contributed by atoms with Crippen LogP contribution in [0.5, 0.6) is 5.75 Å². The third-order valence-electron chi connectivity index (χ3n) is 2.57. The summed E-state index contributed by atoms with van der Waals surface area (Å²) in [4.78, 5) is 10.9. The first kappa shape index (κ1) is 15.4. The van der Waals surface area contributed by atoms with Gasteiger partial charge in [0.1, 0.15) is 11.6 Å². The van der Waals surface area contributed by atoms with Crippen molar-refractivity contribution in [3.8, 4) is 5.75 Å². The van der Waals surface area contributed by atoms with Gasteiger partial charge in [-0.2, -0.15) is 0 Å². The van der Waals surface area contributed by atoms with Crippen LogP contribution in [0.15, 0.2) is 18.2 Å². The number of benzene rings is 1. The van der Waals surface area contributed by atoms with Gasteiger partial charge in [-0.15, -0.1) is 0 Å². The maximum Gasteiger partial charge on any atom is 0.344 e. The summed E-state index contributed by atoms with van der Waals surface area (Å²) in [7, 11) is 0. The van der Waals surface area contributed by atoms with Crippen LogP contribution in [0, 0.1) is 5.82 Å². The highest BCUT2D eigenvalue weighted by Gasteiger charge is 2.17. The normalized spacial score (nSPS) is 12.5. The zero-order chi connectivity index (χ0) is 14.4. The molecule has 1 atom stereocenters. The summed E-state index contributed by atoms with van der Waals surface area (Å²) >= 11 is 0. The zero-order valence-corrected chi connectivity index (χ0v) is 11.4. The predicted octanol–water partition coefficient (Wildman–Crippen LogP) is 2.57. The Labute approximate surface area is 112 Å². The SMILES string of the molecule is CCC(Oc1cc(F)cc(CNC(C)C)c1)C(=O)O. The second-order valence-corrected chi connectivity index (χ2v) is 4.68. The molecule has 1 aromatic carbocycles. The molecule has 0 radical (unpaired) electrons. The fourth-order valence-electron chi connectivity index (χ4n) is 1.59. The molecule has 0 saturated heterocycles. The summed E-state index contributed by atoms with van der Waals surface area (Å²) in [6.07, 6.45) is -0.626. The molecular formula is C14H20FNO3. The molecule has 1 unspecified atom stereocenters. The van der Waals surface area contributed by atoms with Gasteiger partial charge < -0.3 is 15.2 Å². The van der Waals surface area contributed by atoms with Crippen molar-refractivity contribution in [2.75, 3.05) is 0 Å². The highest BCUT2D eigenvalue weighted by molar-refractivity contribution is 5.72. The van der Waals surface area contributed by atoms with E-state index in [0.29, 0.717) is 13.0 Å². The molecule has 19 heavy (non-hydrogen) atoms. The molecule has 0 aliphatic carbocycles. The Morgan fingerprint density at radius 3 is 2.63 bits per heavy atom. The summed E-state index contributed by atoms with van der Waals surface area (Å²) in [5.74, 6) is -1.23. The predicted molar refractivity (Wildman–Crippen MR) is 70.7 cm³/mol. The molecule has 0 heterocycles. The van der Waals surface area contributed by atoms with Crippen LogP contribution in [-0.2, 0) is 11.3 Å². The third-order valence-corrected chi connectivity index (χ3v) is 2.57. The number of hydrogen-bond donors (Lipinski definition) is 2. The van der Waals surface area contributed by atoms with Crippen LogP contribution in [0.2, 0.25) is 0 Å². The van der Waals surface area contributed by atoms with Gasteiger partial charge in [-0.1, -0.05) is 20.8 Å². The molecule has 0 aliphatic heterocycles. The third kappa shape index (κ3) is 5.26. The Balaban J connectivity index is 2.80. The molecule has 0 aromatic heterocycles. The van der Waals surface area contributed by atoms with E-state index in [1.165, 1.54) is 12.1 Å². The number of ether oxygens (including phenoxy) is 1. The first-order valence-corrected chi connectivity index (χ1v) is 6.34. The van der Waals surface area contributed by atoms with Crippen molar-refractivity contribution in [3.05, 3.63) is 29.6 Å². The first-order chi connectivity index (χ1) is 8.92. The van der Waals surface area contributed by atoms with E-state index in [9.17, 15) is 9.18 Å². The van der Waals surface area contributed by atoms with E-state index in [4.69, 9.17) is 9.84 Å². The molecule has 106 valence electrons. The van der Waals surface area contributed by atoms with Gasteiger partial charge in [0.05, 0.1) is 0 Å². The Bertz CT molecular complexity index is 435. The molecule has 0 amide bonds. The highest BCUT2D eigenvalue weighted by Crippen LogP contribution is 2.19. The van der Waals surface area contributed by atoms with Crippen molar-refractivity contribution in [1.29, 1.82) is 0 Å². The minimum absolute atomic E-state index is 0.245. The Hall–Kier alpha value is -1.62. The second-order valence-electron chi connectivity index (χ2n) is 4.68. The van der Waals surface area contributed by atoms with Crippen molar-refractivity contribution in [2.45, 2.75) is 45.9 Å².